The van der Waals surface area contributed by atoms with E-state index in [0.717, 1.165) is 11.4 Å². The summed E-state index contributed by atoms with van der Waals surface area (Å²) in [5.41, 5.74) is 7.01. The Labute approximate surface area is 101 Å². The predicted molar refractivity (Wildman–Crippen MR) is 66.7 cm³/mol. The van der Waals surface area contributed by atoms with Crippen molar-refractivity contribution in [3.05, 3.63) is 36.2 Å². The Balaban J connectivity index is 2.38. The average Bonchev–Trinajstić information content (AvgIpc) is 2.89. The van der Waals surface area contributed by atoms with Crippen LogP contribution < -0.4 is 5.73 Å². The first-order valence-corrected chi connectivity index (χ1v) is 5.84. The van der Waals surface area contributed by atoms with E-state index in [4.69, 9.17) is 5.73 Å². The molecule has 0 amide bonds. The lowest BCUT2D eigenvalue weighted by molar-refractivity contribution is 0.548. The van der Waals surface area contributed by atoms with Gasteiger partial charge in [-0.25, -0.2) is 4.98 Å². The lowest BCUT2D eigenvalue weighted by atomic mass is 10.1. The quantitative estimate of drug-likeness (QED) is 0.865. The number of imidazole rings is 1. The number of hydrogen-bond donors (Lipinski definition) is 1. The zero-order chi connectivity index (χ0) is 12.4. The van der Waals surface area contributed by atoms with E-state index in [2.05, 4.69) is 28.5 Å². The first-order valence-electron chi connectivity index (χ1n) is 5.84. The predicted octanol–water partition coefficient (Wildman–Crippen LogP) is 1.29. The third-order valence-electron chi connectivity index (χ3n) is 2.88. The molecular weight excluding hydrogens is 214 g/mol. The molecule has 5 nitrogen and oxygen atoms in total. The van der Waals surface area contributed by atoms with Crippen LogP contribution in [0.25, 0.3) is 0 Å². The van der Waals surface area contributed by atoms with E-state index in [-0.39, 0.29) is 6.04 Å². The van der Waals surface area contributed by atoms with E-state index in [1.54, 1.807) is 4.68 Å². The van der Waals surface area contributed by atoms with Crippen molar-refractivity contribution in [3.8, 4) is 0 Å². The molecule has 0 aliphatic heterocycles. The summed E-state index contributed by atoms with van der Waals surface area (Å²) in [5.74, 6) is 1.44. The normalized spacial score (nSPS) is 13.2. The summed E-state index contributed by atoms with van der Waals surface area (Å²) in [4.78, 5) is 4.40. The monoisotopic (exact) mass is 233 g/mol. The molecule has 5 heteroatoms. The van der Waals surface area contributed by atoms with E-state index in [1.807, 2.05) is 31.8 Å². The molecule has 0 aliphatic carbocycles. The number of hydrogen-bond acceptors (Lipinski definition) is 3. The molecule has 2 heterocycles. The molecule has 0 fully saturated rings. The van der Waals surface area contributed by atoms with Crippen molar-refractivity contribution in [3.63, 3.8) is 0 Å². The molecule has 1 atom stereocenters. The van der Waals surface area contributed by atoms with Crippen LogP contribution in [-0.4, -0.2) is 25.9 Å². The van der Waals surface area contributed by atoms with Gasteiger partial charge in [-0.2, -0.15) is 5.10 Å². The number of aryl methyl sites for hydroxylation is 1. The fourth-order valence-electron chi connectivity index (χ4n) is 2.06. The topological polar surface area (TPSA) is 61.7 Å². The molecule has 2 aromatic rings. The number of rotatable bonds is 4. The van der Waals surface area contributed by atoms with Crippen molar-refractivity contribution < 1.29 is 0 Å². The molecule has 0 saturated heterocycles. The van der Waals surface area contributed by atoms with E-state index in [0.29, 0.717) is 12.5 Å². The molecule has 2 N–H and O–H groups in total. The minimum atomic E-state index is 0.114. The van der Waals surface area contributed by atoms with Gasteiger partial charge in [-0.1, -0.05) is 13.8 Å². The maximum atomic E-state index is 5.89. The van der Waals surface area contributed by atoms with Crippen LogP contribution in [0.1, 0.15) is 37.2 Å². The van der Waals surface area contributed by atoms with Crippen LogP contribution in [0.5, 0.6) is 0 Å². The molecule has 92 valence electrons. The van der Waals surface area contributed by atoms with Gasteiger partial charge in [-0.15, -0.1) is 0 Å². The van der Waals surface area contributed by atoms with Crippen LogP contribution in [0.2, 0.25) is 0 Å². The Morgan fingerprint density at radius 1 is 1.41 bits per heavy atom. The number of aromatic nitrogens is 4. The van der Waals surface area contributed by atoms with Gasteiger partial charge >= 0.3 is 0 Å². The minimum absolute atomic E-state index is 0.114. The van der Waals surface area contributed by atoms with Crippen molar-refractivity contribution in [2.24, 2.45) is 12.8 Å². The van der Waals surface area contributed by atoms with E-state index in [1.165, 1.54) is 0 Å². The zero-order valence-corrected chi connectivity index (χ0v) is 10.5. The lowest BCUT2D eigenvalue weighted by Gasteiger charge is -2.19. The molecule has 1 unspecified atom stereocenters. The summed E-state index contributed by atoms with van der Waals surface area (Å²) >= 11 is 0. The third-order valence-corrected chi connectivity index (χ3v) is 2.88. The molecule has 0 spiro atoms. The third kappa shape index (κ3) is 2.24. The van der Waals surface area contributed by atoms with Gasteiger partial charge in [0.25, 0.3) is 0 Å². The summed E-state index contributed by atoms with van der Waals surface area (Å²) in [6, 6.07) is 0.114. The van der Waals surface area contributed by atoms with Crippen molar-refractivity contribution >= 4 is 0 Å². The van der Waals surface area contributed by atoms with Gasteiger partial charge in [0.1, 0.15) is 5.82 Å². The Morgan fingerprint density at radius 3 is 2.71 bits per heavy atom. The summed E-state index contributed by atoms with van der Waals surface area (Å²) < 4.78 is 3.94. The van der Waals surface area contributed by atoms with Gasteiger partial charge in [0.05, 0.1) is 12.2 Å². The number of nitrogens with zero attached hydrogens (tertiary/aromatic N) is 4. The fourth-order valence-corrected chi connectivity index (χ4v) is 2.06. The van der Waals surface area contributed by atoms with E-state index in [9.17, 15) is 0 Å². The van der Waals surface area contributed by atoms with E-state index < -0.39 is 0 Å². The number of nitrogens with two attached hydrogens (primary N) is 1. The second-order valence-corrected chi connectivity index (χ2v) is 4.55. The van der Waals surface area contributed by atoms with Crippen molar-refractivity contribution in [2.45, 2.75) is 25.8 Å². The summed E-state index contributed by atoms with van der Waals surface area (Å²) in [5, 5.41) is 4.20. The van der Waals surface area contributed by atoms with Crippen LogP contribution in [0.15, 0.2) is 24.8 Å². The van der Waals surface area contributed by atoms with E-state index >= 15 is 0 Å². The molecule has 2 rings (SSSR count). The Kier molecular flexibility index (Phi) is 3.28. The maximum Gasteiger partial charge on any atom is 0.111 e. The summed E-state index contributed by atoms with van der Waals surface area (Å²) in [6.45, 7) is 4.81. The van der Waals surface area contributed by atoms with Crippen LogP contribution in [0, 0.1) is 0 Å². The fraction of sp³-hybridized carbons (Fsp3) is 0.500. The highest BCUT2D eigenvalue weighted by molar-refractivity contribution is 5.15. The van der Waals surface area contributed by atoms with Crippen LogP contribution in [0.4, 0.5) is 0 Å². The Morgan fingerprint density at radius 2 is 2.18 bits per heavy atom. The zero-order valence-electron chi connectivity index (χ0n) is 10.5. The summed E-state index contributed by atoms with van der Waals surface area (Å²) in [6.07, 6.45) is 7.68. The van der Waals surface area contributed by atoms with Crippen LogP contribution in [-0.2, 0) is 7.05 Å². The van der Waals surface area contributed by atoms with Gasteiger partial charge in [0.15, 0.2) is 0 Å². The van der Waals surface area contributed by atoms with Crippen molar-refractivity contribution in [2.75, 3.05) is 6.54 Å². The minimum Gasteiger partial charge on any atom is -0.328 e. The highest BCUT2D eigenvalue weighted by Crippen LogP contribution is 2.22. The van der Waals surface area contributed by atoms with Gasteiger partial charge < -0.3 is 10.3 Å². The van der Waals surface area contributed by atoms with Gasteiger partial charge in [-0.05, 0) is 0 Å². The smallest absolute Gasteiger partial charge is 0.111 e. The Hall–Kier alpha value is -1.62. The molecule has 0 saturated carbocycles. The lowest BCUT2D eigenvalue weighted by Crippen LogP contribution is -2.22. The van der Waals surface area contributed by atoms with Gasteiger partial charge in [-0.3, -0.25) is 4.68 Å². The van der Waals surface area contributed by atoms with Crippen LogP contribution in [0.3, 0.4) is 0 Å². The molecule has 0 aromatic carbocycles. The second-order valence-electron chi connectivity index (χ2n) is 4.55. The second kappa shape index (κ2) is 4.71. The van der Waals surface area contributed by atoms with Gasteiger partial charge in [0, 0.05) is 43.7 Å². The highest BCUT2D eigenvalue weighted by Gasteiger charge is 2.18. The first kappa shape index (κ1) is 11.9. The highest BCUT2D eigenvalue weighted by atomic mass is 15.2. The van der Waals surface area contributed by atoms with Crippen LogP contribution >= 0.6 is 0 Å². The van der Waals surface area contributed by atoms with Crippen molar-refractivity contribution in [1.82, 2.24) is 19.3 Å². The Bertz CT molecular complexity index is 483. The molecule has 0 bridgehead atoms. The van der Waals surface area contributed by atoms with Gasteiger partial charge in [0.2, 0.25) is 0 Å². The molecule has 2 aromatic heterocycles. The van der Waals surface area contributed by atoms with Crippen molar-refractivity contribution in [1.29, 1.82) is 0 Å². The SMILES string of the molecule is CC(C)c1nccn1C(CN)c1cnn(C)c1. The summed E-state index contributed by atoms with van der Waals surface area (Å²) in [7, 11) is 1.91. The molecule has 0 radical (unpaired) electrons. The molecule has 17 heavy (non-hydrogen) atoms. The molecule has 0 aliphatic rings. The average molecular weight is 233 g/mol. The maximum absolute atomic E-state index is 5.89. The largest absolute Gasteiger partial charge is 0.328 e. The molecular formula is C12H19N5. The standard InChI is InChI=1S/C12H19N5/c1-9(2)12-14-4-5-17(12)11(6-13)10-7-15-16(3)8-10/h4-5,7-9,11H,6,13H2,1-3H3. The first-order chi connectivity index (χ1) is 8.13.